The summed E-state index contributed by atoms with van der Waals surface area (Å²) in [5.74, 6) is 1.28. The van der Waals surface area contributed by atoms with Gasteiger partial charge in [-0.05, 0) is 71.5 Å². The van der Waals surface area contributed by atoms with Crippen molar-refractivity contribution in [2.75, 3.05) is 4.90 Å². The Bertz CT molecular complexity index is 2820. The molecule has 1 aliphatic carbocycles. The summed E-state index contributed by atoms with van der Waals surface area (Å²) in [5, 5.41) is 21.8. The number of para-hydroxylation sites is 2. The first-order valence-electron chi connectivity index (χ1n) is 18.6. The third-order valence-electron chi connectivity index (χ3n) is 11.1. The maximum Gasteiger partial charge on any atom is 0.165 e. The molecule has 1 aliphatic heterocycles. The third-order valence-corrected chi connectivity index (χ3v) is 11.1. The highest BCUT2D eigenvalue weighted by molar-refractivity contribution is 5.97. The Morgan fingerprint density at radius 1 is 0.429 bits per heavy atom. The molecule has 1 aromatic heterocycles. The quantitative estimate of drug-likeness (QED) is 0.180. The summed E-state index contributed by atoms with van der Waals surface area (Å²) in [5.41, 5.74) is 14.3. The topological polar surface area (TPSA) is 89.5 Å². The van der Waals surface area contributed by atoms with Crippen LogP contribution in [-0.2, 0) is 5.41 Å². The zero-order chi connectivity index (χ0) is 38.0. The summed E-state index contributed by atoms with van der Waals surface area (Å²) >= 11 is 0. The first kappa shape index (κ1) is 32.9. The molecule has 0 saturated carbocycles. The lowest BCUT2D eigenvalue weighted by atomic mass is 9.64. The van der Waals surface area contributed by atoms with Crippen molar-refractivity contribution in [1.29, 1.82) is 10.5 Å². The van der Waals surface area contributed by atoms with Gasteiger partial charge in [0.2, 0.25) is 0 Å². The average Bonchev–Trinajstić information content (AvgIpc) is 3.52. The van der Waals surface area contributed by atoms with Crippen LogP contribution in [0.2, 0.25) is 0 Å². The molecule has 0 bridgehead atoms. The Morgan fingerprint density at radius 2 is 0.893 bits per heavy atom. The fraction of sp³-hybridized carbons (Fsp3) is 0.0600. The summed E-state index contributed by atoms with van der Waals surface area (Å²) in [6.45, 7) is 4.29. The molecule has 262 valence electrons. The van der Waals surface area contributed by atoms with Crippen molar-refractivity contribution >= 4 is 17.1 Å². The molecule has 8 aromatic rings. The number of fused-ring (bicyclic) bond motifs is 9. The van der Waals surface area contributed by atoms with Gasteiger partial charge in [0.05, 0.1) is 39.7 Å². The van der Waals surface area contributed by atoms with E-state index in [1.807, 2.05) is 78.9 Å². The van der Waals surface area contributed by atoms with E-state index in [2.05, 4.69) is 104 Å². The molecule has 0 N–H and O–H groups in total. The van der Waals surface area contributed by atoms with Crippen LogP contribution in [0.1, 0.15) is 44.5 Å². The minimum absolute atomic E-state index is 0.320. The summed E-state index contributed by atoms with van der Waals surface area (Å²) in [7, 11) is 0. The Kier molecular flexibility index (Phi) is 7.49. The molecule has 7 aromatic carbocycles. The highest BCUT2D eigenvalue weighted by Crippen LogP contribution is 2.63. The smallest absolute Gasteiger partial charge is 0.165 e. The molecule has 0 unspecified atom stereocenters. The second-order valence-corrected chi connectivity index (χ2v) is 14.4. The van der Waals surface area contributed by atoms with Gasteiger partial charge in [-0.2, -0.15) is 10.5 Å². The van der Waals surface area contributed by atoms with Crippen molar-refractivity contribution in [2.45, 2.75) is 19.3 Å². The van der Waals surface area contributed by atoms with E-state index >= 15 is 0 Å². The van der Waals surface area contributed by atoms with Crippen LogP contribution < -0.4 is 4.90 Å². The van der Waals surface area contributed by atoms with Gasteiger partial charge in [-0.25, -0.2) is 15.0 Å². The summed E-state index contributed by atoms with van der Waals surface area (Å²) < 4.78 is 0. The highest BCUT2D eigenvalue weighted by Gasteiger charge is 2.51. The second kappa shape index (κ2) is 12.7. The molecule has 6 heteroatoms. The fourth-order valence-electron chi connectivity index (χ4n) is 8.72. The van der Waals surface area contributed by atoms with Crippen molar-refractivity contribution in [3.63, 3.8) is 0 Å². The average molecular weight is 717 g/mol. The normalized spacial score (nSPS) is 12.9. The number of nitrogens with zero attached hydrogens (tertiary/aromatic N) is 6. The van der Waals surface area contributed by atoms with Crippen LogP contribution in [0.4, 0.5) is 17.1 Å². The Morgan fingerprint density at radius 3 is 1.39 bits per heavy atom. The van der Waals surface area contributed by atoms with Crippen LogP contribution in [0.5, 0.6) is 0 Å². The molecule has 2 heterocycles. The van der Waals surface area contributed by atoms with Gasteiger partial charge in [-0.3, -0.25) is 0 Å². The van der Waals surface area contributed by atoms with Crippen molar-refractivity contribution in [3.05, 3.63) is 202 Å². The van der Waals surface area contributed by atoms with Crippen LogP contribution in [-0.4, -0.2) is 15.0 Å². The molecule has 1 spiro atoms. The Labute approximate surface area is 325 Å². The minimum atomic E-state index is -0.604. The standard InChI is InChI=1S/C50H32N6/c1-31-21-23-40-38(25-31)39-26-32(2)22-24-41(39)50(40)42-17-9-11-19-44(42)56(45-20-12-10-18-43(45)50)46-28-35(29-51)37(27-36(46)30-52)49-54-47(33-13-5-3-6-14-33)53-48(55-49)34-15-7-4-8-16-34/h3-28H,1-2H3. The summed E-state index contributed by atoms with van der Waals surface area (Å²) in [6, 6.07) is 58.5. The molecule has 0 fully saturated rings. The zero-order valence-corrected chi connectivity index (χ0v) is 30.7. The summed E-state index contributed by atoms with van der Waals surface area (Å²) in [6.07, 6.45) is 0. The van der Waals surface area contributed by atoms with Gasteiger partial charge < -0.3 is 4.90 Å². The van der Waals surface area contributed by atoms with E-state index in [-0.39, 0.29) is 0 Å². The Hall–Kier alpha value is -7.67. The first-order valence-corrected chi connectivity index (χ1v) is 18.6. The van der Waals surface area contributed by atoms with Gasteiger partial charge in [-0.15, -0.1) is 0 Å². The molecule has 0 amide bonds. The maximum absolute atomic E-state index is 10.9. The largest absolute Gasteiger partial charge is 0.308 e. The predicted octanol–water partition coefficient (Wildman–Crippen LogP) is 11.4. The third kappa shape index (κ3) is 4.83. The number of aromatic nitrogens is 3. The van der Waals surface area contributed by atoms with Gasteiger partial charge in [0, 0.05) is 16.7 Å². The van der Waals surface area contributed by atoms with Gasteiger partial charge in [0.1, 0.15) is 6.07 Å². The monoisotopic (exact) mass is 716 g/mol. The number of anilines is 3. The van der Waals surface area contributed by atoms with E-state index in [9.17, 15) is 10.5 Å². The maximum atomic E-state index is 10.9. The van der Waals surface area contributed by atoms with E-state index < -0.39 is 5.41 Å². The number of aryl methyl sites for hydroxylation is 2. The van der Waals surface area contributed by atoms with Crippen LogP contribution in [0.3, 0.4) is 0 Å². The minimum Gasteiger partial charge on any atom is -0.308 e. The number of rotatable bonds is 4. The molecule has 6 nitrogen and oxygen atoms in total. The zero-order valence-electron chi connectivity index (χ0n) is 30.7. The van der Waals surface area contributed by atoms with Crippen molar-refractivity contribution < 1.29 is 0 Å². The predicted molar refractivity (Wildman–Crippen MR) is 221 cm³/mol. The summed E-state index contributed by atoms with van der Waals surface area (Å²) in [4.78, 5) is 16.8. The van der Waals surface area contributed by atoms with Crippen molar-refractivity contribution in [2.24, 2.45) is 0 Å². The fourth-order valence-corrected chi connectivity index (χ4v) is 8.72. The van der Waals surface area contributed by atoms with Gasteiger partial charge in [0.15, 0.2) is 17.5 Å². The molecule has 10 rings (SSSR count). The van der Waals surface area contributed by atoms with E-state index in [4.69, 9.17) is 15.0 Å². The lowest BCUT2D eigenvalue weighted by molar-refractivity contribution is 0.752. The molecule has 0 saturated heterocycles. The molecular formula is C50H32N6. The van der Waals surface area contributed by atoms with E-state index in [0.29, 0.717) is 39.9 Å². The van der Waals surface area contributed by atoms with Crippen LogP contribution in [0, 0.1) is 36.5 Å². The van der Waals surface area contributed by atoms with Crippen LogP contribution >= 0.6 is 0 Å². The van der Waals surface area contributed by atoms with E-state index in [1.54, 1.807) is 6.07 Å². The Balaban J connectivity index is 1.21. The molecule has 2 aliphatic rings. The van der Waals surface area contributed by atoms with Gasteiger partial charge in [-0.1, -0.05) is 145 Å². The highest BCUT2D eigenvalue weighted by atomic mass is 15.2. The van der Waals surface area contributed by atoms with Crippen molar-refractivity contribution in [1.82, 2.24) is 15.0 Å². The van der Waals surface area contributed by atoms with Crippen LogP contribution in [0.25, 0.3) is 45.3 Å². The number of nitriles is 2. The first-order chi connectivity index (χ1) is 27.5. The molecule has 56 heavy (non-hydrogen) atoms. The van der Waals surface area contributed by atoms with Crippen LogP contribution in [0.15, 0.2) is 158 Å². The van der Waals surface area contributed by atoms with Crippen molar-refractivity contribution in [3.8, 4) is 57.4 Å². The van der Waals surface area contributed by atoms with E-state index in [0.717, 1.165) is 33.6 Å². The number of hydrogen-bond donors (Lipinski definition) is 0. The molecular weight excluding hydrogens is 685 g/mol. The lowest BCUT2D eigenvalue weighted by Crippen LogP contribution is -2.36. The lowest BCUT2D eigenvalue weighted by Gasteiger charge is -2.45. The van der Waals surface area contributed by atoms with E-state index in [1.165, 1.54) is 33.4 Å². The van der Waals surface area contributed by atoms with Gasteiger partial charge in [0.25, 0.3) is 0 Å². The number of benzene rings is 7. The SMILES string of the molecule is Cc1ccc2c(c1)-c1cc(C)ccc1C21c2ccccc2N(c2cc(C#N)c(-c3nc(-c4ccccc4)nc(-c4ccccc4)n3)cc2C#N)c2ccccc21. The number of hydrogen-bond acceptors (Lipinski definition) is 6. The van der Waals surface area contributed by atoms with Gasteiger partial charge >= 0.3 is 0 Å². The molecule has 0 radical (unpaired) electrons. The second-order valence-electron chi connectivity index (χ2n) is 14.4. The molecule has 0 atom stereocenters.